The number of ketones is 2. The summed E-state index contributed by atoms with van der Waals surface area (Å²) in [5.41, 5.74) is 1.60. The first kappa shape index (κ1) is 15.5. The summed E-state index contributed by atoms with van der Waals surface area (Å²) in [5, 5.41) is 9.54. The highest BCUT2D eigenvalue weighted by Crippen LogP contribution is 2.54. The average molecular weight is 308 g/mol. The van der Waals surface area contributed by atoms with Crippen LogP contribution >= 0.6 is 0 Å². The van der Waals surface area contributed by atoms with Gasteiger partial charge in [0.1, 0.15) is 5.75 Å². The van der Waals surface area contributed by atoms with E-state index < -0.39 is 5.41 Å². The number of phenols is 1. The molecule has 118 valence electrons. The molecule has 0 radical (unpaired) electrons. The van der Waals surface area contributed by atoms with E-state index in [4.69, 9.17) is 0 Å². The van der Waals surface area contributed by atoms with E-state index in [2.05, 4.69) is 6.58 Å². The van der Waals surface area contributed by atoms with Crippen molar-refractivity contribution >= 4 is 11.6 Å². The predicted octanol–water partition coefficient (Wildman–Crippen LogP) is 3.71. The van der Waals surface area contributed by atoms with Gasteiger partial charge in [-0.3, -0.25) is 9.59 Å². The monoisotopic (exact) mass is 308 g/mol. The Hall–Kier alpha value is -2.42. The molecule has 0 amide bonds. The Balaban J connectivity index is 2.21. The smallest absolute Gasteiger partial charge is 0.163 e. The van der Waals surface area contributed by atoms with E-state index in [9.17, 15) is 14.7 Å². The first-order valence-electron chi connectivity index (χ1n) is 7.78. The molecule has 0 spiro atoms. The third kappa shape index (κ3) is 2.19. The molecule has 0 heterocycles. The number of aromatic hydroxyl groups is 1. The van der Waals surface area contributed by atoms with Crippen LogP contribution in [0, 0.1) is 11.3 Å². The van der Waals surface area contributed by atoms with E-state index in [0.29, 0.717) is 12.0 Å². The second-order valence-corrected chi connectivity index (χ2v) is 6.56. The standard InChI is InChI=1S/C20H20O3/c1-4-13-7-10-16-19(23)12(2)11-17(22)20(16,3)18(13)14-5-8-15(21)9-6-14/h4-9,11,16,18,21H,1,10H2,2-3H3/t16-,18+,20-/m0/s1. The van der Waals surface area contributed by atoms with Gasteiger partial charge in [0, 0.05) is 11.8 Å². The summed E-state index contributed by atoms with van der Waals surface area (Å²) in [5.74, 6) is -0.361. The quantitative estimate of drug-likeness (QED) is 0.906. The Morgan fingerprint density at radius 1 is 1.26 bits per heavy atom. The Morgan fingerprint density at radius 3 is 2.52 bits per heavy atom. The van der Waals surface area contributed by atoms with Gasteiger partial charge >= 0.3 is 0 Å². The van der Waals surface area contributed by atoms with E-state index >= 15 is 0 Å². The molecule has 0 saturated heterocycles. The molecule has 2 aliphatic carbocycles. The molecule has 0 aliphatic heterocycles. The number of carbonyl (C=O) groups excluding carboxylic acids is 2. The molecule has 2 aliphatic rings. The highest BCUT2D eigenvalue weighted by molar-refractivity contribution is 6.13. The molecule has 0 aromatic heterocycles. The fourth-order valence-electron chi connectivity index (χ4n) is 3.96. The summed E-state index contributed by atoms with van der Waals surface area (Å²) in [6.45, 7) is 7.47. The highest BCUT2D eigenvalue weighted by atomic mass is 16.3. The van der Waals surface area contributed by atoms with Crippen LogP contribution in [-0.2, 0) is 9.59 Å². The third-order valence-corrected chi connectivity index (χ3v) is 5.29. The number of carbonyl (C=O) groups is 2. The molecule has 1 aromatic carbocycles. The van der Waals surface area contributed by atoms with E-state index in [1.54, 1.807) is 25.1 Å². The third-order valence-electron chi connectivity index (χ3n) is 5.29. The molecule has 0 unspecified atom stereocenters. The minimum absolute atomic E-state index is 0.00914. The molecule has 3 heteroatoms. The minimum Gasteiger partial charge on any atom is -0.508 e. The topological polar surface area (TPSA) is 54.4 Å². The molecular weight excluding hydrogens is 288 g/mol. The van der Waals surface area contributed by atoms with Crippen LogP contribution in [0.1, 0.15) is 31.7 Å². The van der Waals surface area contributed by atoms with Gasteiger partial charge in [0.15, 0.2) is 11.6 Å². The number of Topliss-reactive ketones (excluding diaryl/α,β-unsaturated/α-hetero) is 1. The molecule has 3 atom stereocenters. The van der Waals surface area contributed by atoms with Crippen molar-refractivity contribution < 1.29 is 14.7 Å². The van der Waals surface area contributed by atoms with Crippen molar-refractivity contribution in [2.24, 2.45) is 11.3 Å². The van der Waals surface area contributed by atoms with Crippen LogP contribution < -0.4 is 0 Å². The average Bonchev–Trinajstić information content (AvgIpc) is 2.53. The predicted molar refractivity (Wildman–Crippen MR) is 89.1 cm³/mol. The number of fused-ring (bicyclic) bond motifs is 1. The fourth-order valence-corrected chi connectivity index (χ4v) is 3.96. The number of hydrogen-bond donors (Lipinski definition) is 1. The normalized spacial score (nSPS) is 30.3. The number of phenolic OH excluding ortho intramolecular Hbond substituents is 1. The maximum absolute atomic E-state index is 12.9. The lowest BCUT2D eigenvalue weighted by atomic mass is 9.53. The van der Waals surface area contributed by atoms with Crippen LogP contribution in [0.25, 0.3) is 0 Å². The Labute approximate surface area is 136 Å². The summed E-state index contributed by atoms with van der Waals surface area (Å²) in [7, 11) is 0. The SMILES string of the molecule is C=CC1=CC[C@H]2C(=O)C(C)=CC(=O)[C@@]2(C)[C@H]1c1ccc(O)cc1. The second-order valence-electron chi connectivity index (χ2n) is 6.56. The lowest BCUT2D eigenvalue weighted by Crippen LogP contribution is -2.49. The zero-order chi connectivity index (χ0) is 16.8. The van der Waals surface area contributed by atoms with Gasteiger partial charge in [0.2, 0.25) is 0 Å². The van der Waals surface area contributed by atoms with Crippen molar-refractivity contribution in [1.29, 1.82) is 0 Å². The summed E-state index contributed by atoms with van der Waals surface area (Å²) < 4.78 is 0. The van der Waals surface area contributed by atoms with Crippen LogP contribution in [-0.4, -0.2) is 16.7 Å². The van der Waals surface area contributed by atoms with Crippen molar-refractivity contribution in [2.75, 3.05) is 0 Å². The summed E-state index contributed by atoms with van der Waals surface area (Å²) >= 11 is 0. The molecule has 1 N–H and O–H groups in total. The number of rotatable bonds is 2. The summed E-state index contributed by atoms with van der Waals surface area (Å²) in [6, 6.07) is 6.85. The van der Waals surface area contributed by atoms with E-state index in [1.165, 1.54) is 6.08 Å². The Morgan fingerprint density at radius 2 is 1.91 bits per heavy atom. The van der Waals surface area contributed by atoms with E-state index in [1.807, 2.05) is 25.1 Å². The van der Waals surface area contributed by atoms with Gasteiger partial charge < -0.3 is 5.11 Å². The van der Waals surface area contributed by atoms with Crippen molar-refractivity contribution in [3.8, 4) is 5.75 Å². The van der Waals surface area contributed by atoms with Crippen LogP contribution in [0.2, 0.25) is 0 Å². The van der Waals surface area contributed by atoms with Gasteiger partial charge in [-0.1, -0.05) is 37.8 Å². The Kier molecular flexibility index (Phi) is 3.59. The highest BCUT2D eigenvalue weighted by Gasteiger charge is 2.54. The van der Waals surface area contributed by atoms with Crippen LogP contribution in [0.3, 0.4) is 0 Å². The largest absolute Gasteiger partial charge is 0.508 e. The van der Waals surface area contributed by atoms with Gasteiger partial charge in [-0.05, 0) is 48.3 Å². The molecule has 3 nitrogen and oxygen atoms in total. The zero-order valence-electron chi connectivity index (χ0n) is 13.4. The van der Waals surface area contributed by atoms with E-state index in [0.717, 1.165) is 11.1 Å². The molecule has 3 rings (SSSR count). The van der Waals surface area contributed by atoms with E-state index in [-0.39, 0.29) is 29.2 Å². The first-order chi connectivity index (χ1) is 10.9. The lowest BCUT2D eigenvalue weighted by Gasteiger charge is -2.47. The molecular formula is C20H20O3. The van der Waals surface area contributed by atoms with Gasteiger partial charge in [0.25, 0.3) is 0 Å². The maximum Gasteiger partial charge on any atom is 0.163 e. The van der Waals surface area contributed by atoms with Crippen LogP contribution in [0.4, 0.5) is 0 Å². The molecule has 23 heavy (non-hydrogen) atoms. The number of benzene rings is 1. The second kappa shape index (κ2) is 5.34. The van der Waals surface area contributed by atoms with Gasteiger partial charge in [-0.2, -0.15) is 0 Å². The number of allylic oxidation sites excluding steroid dienone is 5. The Bertz CT molecular complexity index is 752. The van der Waals surface area contributed by atoms with Crippen molar-refractivity contribution in [3.63, 3.8) is 0 Å². The maximum atomic E-state index is 12.9. The number of hydrogen-bond acceptors (Lipinski definition) is 3. The molecule has 0 bridgehead atoms. The molecule has 1 aromatic rings. The van der Waals surface area contributed by atoms with Crippen LogP contribution in [0.15, 0.2) is 60.2 Å². The van der Waals surface area contributed by atoms with Gasteiger partial charge in [0.05, 0.1) is 5.41 Å². The lowest BCUT2D eigenvalue weighted by molar-refractivity contribution is -0.137. The summed E-state index contributed by atoms with van der Waals surface area (Å²) in [6.07, 6.45) is 5.82. The molecule has 0 saturated carbocycles. The fraction of sp³-hybridized carbons (Fsp3) is 0.300. The van der Waals surface area contributed by atoms with Crippen molar-refractivity contribution in [3.05, 3.63) is 65.8 Å². The van der Waals surface area contributed by atoms with Crippen molar-refractivity contribution in [2.45, 2.75) is 26.2 Å². The van der Waals surface area contributed by atoms with Gasteiger partial charge in [-0.25, -0.2) is 0 Å². The van der Waals surface area contributed by atoms with Gasteiger partial charge in [-0.15, -0.1) is 0 Å². The summed E-state index contributed by atoms with van der Waals surface area (Å²) in [4.78, 5) is 25.5. The molecule has 0 fully saturated rings. The first-order valence-corrected chi connectivity index (χ1v) is 7.78. The zero-order valence-corrected chi connectivity index (χ0v) is 13.4. The van der Waals surface area contributed by atoms with Crippen LogP contribution in [0.5, 0.6) is 5.75 Å². The van der Waals surface area contributed by atoms with Crippen molar-refractivity contribution in [1.82, 2.24) is 0 Å². The minimum atomic E-state index is -0.814.